The molecule has 3 atom stereocenters. The van der Waals surface area contributed by atoms with Gasteiger partial charge in [-0.15, -0.1) is 0 Å². The first-order chi connectivity index (χ1) is 11.7. The summed E-state index contributed by atoms with van der Waals surface area (Å²) in [5.74, 6) is -3.89. The van der Waals surface area contributed by atoms with E-state index in [1.807, 2.05) is 0 Å². The summed E-state index contributed by atoms with van der Waals surface area (Å²) in [6.45, 7) is -0.826. The number of rotatable bonds is 10. The van der Waals surface area contributed by atoms with Crippen molar-refractivity contribution in [2.75, 3.05) is 6.61 Å². The van der Waals surface area contributed by atoms with Gasteiger partial charge in [-0.25, -0.2) is 9.78 Å². The van der Waals surface area contributed by atoms with E-state index in [4.69, 9.17) is 21.7 Å². The minimum Gasteiger partial charge on any atom is -0.480 e. The van der Waals surface area contributed by atoms with Crippen molar-refractivity contribution in [3.8, 4) is 0 Å². The number of hydrogen-bond acceptors (Lipinski definition) is 7. The average molecular weight is 356 g/mol. The highest BCUT2D eigenvalue weighted by Crippen LogP contribution is 2.01. The fourth-order valence-corrected chi connectivity index (χ4v) is 1.87. The Labute approximate surface area is 142 Å². The highest BCUT2D eigenvalue weighted by molar-refractivity contribution is 5.93. The summed E-state index contributed by atoms with van der Waals surface area (Å²) < 4.78 is 0. The Balaban J connectivity index is 2.84. The third-order valence-electron chi connectivity index (χ3n) is 3.17. The van der Waals surface area contributed by atoms with E-state index < -0.39 is 54.8 Å². The van der Waals surface area contributed by atoms with Crippen molar-refractivity contribution >= 4 is 23.7 Å². The van der Waals surface area contributed by atoms with E-state index in [0.29, 0.717) is 5.69 Å². The molecule has 0 aliphatic rings. The molecule has 0 aliphatic carbocycles. The normalized spacial score (nSPS) is 14.2. The number of nitrogens with zero attached hydrogens (tertiary/aromatic N) is 1. The van der Waals surface area contributed by atoms with Crippen molar-refractivity contribution in [2.45, 2.75) is 31.0 Å². The van der Waals surface area contributed by atoms with Crippen molar-refractivity contribution in [3.63, 3.8) is 0 Å². The van der Waals surface area contributed by atoms with Crippen LogP contribution in [0.1, 0.15) is 12.1 Å². The van der Waals surface area contributed by atoms with Gasteiger partial charge in [0.2, 0.25) is 17.7 Å². The van der Waals surface area contributed by atoms with Crippen LogP contribution in [0.25, 0.3) is 0 Å². The molecule has 0 fully saturated rings. The number of carbonyl (C=O) groups is 4. The van der Waals surface area contributed by atoms with Gasteiger partial charge < -0.3 is 37.3 Å². The van der Waals surface area contributed by atoms with E-state index in [-0.39, 0.29) is 6.42 Å². The third-order valence-corrected chi connectivity index (χ3v) is 3.17. The van der Waals surface area contributed by atoms with Gasteiger partial charge in [0.25, 0.3) is 0 Å². The maximum absolute atomic E-state index is 12.3. The minimum absolute atomic E-state index is 0.0430. The number of nitrogens with one attached hydrogen (secondary N) is 3. The Kier molecular flexibility index (Phi) is 7.49. The first-order valence-corrected chi connectivity index (χ1v) is 7.20. The number of carbonyl (C=O) groups excluding carboxylic acids is 3. The lowest BCUT2D eigenvalue weighted by Gasteiger charge is -2.21. The molecule has 12 heteroatoms. The Bertz CT molecular complexity index is 619. The van der Waals surface area contributed by atoms with Gasteiger partial charge in [0.05, 0.1) is 25.4 Å². The molecule has 1 rings (SSSR count). The van der Waals surface area contributed by atoms with Crippen LogP contribution in [-0.4, -0.2) is 68.6 Å². The summed E-state index contributed by atoms with van der Waals surface area (Å²) >= 11 is 0. The van der Waals surface area contributed by atoms with Gasteiger partial charge in [-0.3, -0.25) is 14.4 Å². The standard InChI is InChI=1S/C13H20N6O6/c14-7(2-10(15)21)11(22)18-8(1-6-3-16-5-17-6)12(23)19-9(4-20)13(24)25/h3,5,7-9,20H,1-2,4,14H2,(H2,15,21)(H,16,17)(H,18,22)(H,19,23)(H,24,25). The van der Waals surface area contributed by atoms with Gasteiger partial charge in [0, 0.05) is 18.3 Å². The second kappa shape index (κ2) is 9.34. The lowest BCUT2D eigenvalue weighted by molar-refractivity contribution is -0.143. The molecule has 0 aromatic carbocycles. The summed E-state index contributed by atoms with van der Waals surface area (Å²) in [6, 6.07) is -4.00. The fraction of sp³-hybridized carbons (Fsp3) is 0.462. The molecule has 12 nitrogen and oxygen atoms in total. The molecule has 0 aliphatic heterocycles. The number of primary amides is 1. The Morgan fingerprint density at radius 1 is 1.20 bits per heavy atom. The second-order valence-electron chi connectivity index (χ2n) is 5.20. The van der Waals surface area contributed by atoms with Gasteiger partial charge in [0.1, 0.15) is 12.1 Å². The number of imidazole rings is 1. The number of amides is 3. The van der Waals surface area contributed by atoms with Crippen LogP contribution in [0, 0.1) is 0 Å². The SMILES string of the molecule is NC(=O)CC(N)C(=O)NC(Cc1cnc[nH]1)C(=O)NC(CO)C(=O)O. The third kappa shape index (κ3) is 6.56. The number of carboxylic acids is 1. The van der Waals surface area contributed by atoms with Gasteiger partial charge in [-0.2, -0.15) is 0 Å². The highest BCUT2D eigenvalue weighted by Gasteiger charge is 2.28. The molecule has 0 bridgehead atoms. The van der Waals surface area contributed by atoms with E-state index in [2.05, 4.69) is 20.6 Å². The van der Waals surface area contributed by atoms with Crippen molar-refractivity contribution in [2.24, 2.45) is 11.5 Å². The zero-order valence-corrected chi connectivity index (χ0v) is 13.1. The molecule has 0 saturated heterocycles. The smallest absolute Gasteiger partial charge is 0.328 e. The number of carboxylic acid groups (broad SMARTS) is 1. The van der Waals surface area contributed by atoms with Crippen LogP contribution in [-0.2, 0) is 25.6 Å². The van der Waals surface area contributed by atoms with Crippen LogP contribution >= 0.6 is 0 Å². The van der Waals surface area contributed by atoms with Gasteiger partial charge in [0.15, 0.2) is 0 Å². The van der Waals surface area contributed by atoms with E-state index in [1.54, 1.807) is 0 Å². The summed E-state index contributed by atoms with van der Waals surface area (Å²) in [7, 11) is 0. The molecular formula is C13H20N6O6. The van der Waals surface area contributed by atoms with Crippen LogP contribution in [0.15, 0.2) is 12.5 Å². The minimum atomic E-state index is -1.53. The van der Waals surface area contributed by atoms with Gasteiger partial charge in [-0.05, 0) is 0 Å². The molecule has 1 heterocycles. The molecule has 0 saturated carbocycles. The van der Waals surface area contributed by atoms with Crippen LogP contribution in [0.3, 0.4) is 0 Å². The van der Waals surface area contributed by atoms with Gasteiger partial charge >= 0.3 is 5.97 Å². The number of hydrogen-bond donors (Lipinski definition) is 7. The molecule has 1 aromatic heterocycles. The van der Waals surface area contributed by atoms with Crippen molar-refractivity contribution < 1.29 is 29.4 Å². The first kappa shape index (κ1) is 20.1. The fourth-order valence-electron chi connectivity index (χ4n) is 1.87. The van der Waals surface area contributed by atoms with E-state index >= 15 is 0 Å². The molecule has 0 radical (unpaired) electrons. The van der Waals surface area contributed by atoms with Gasteiger partial charge in [-0.1, -0.05) is 0 Å². The highest BCUT2D eigenvalue weighted by atomic mass is 16.4. The molecule has 25 heavy (non-hydrogen) atoms. The van der Waals surface area contributed by atoms with Crippen molar-refractivity contribution in [3.05, 3.63) is 18.2 Å². The lowest BCUT2D eigenvalue weighted by Crippen LogP contribution is -2.56. The summed E-state index contributed by atoms with van der Waals surface area (Å²) in [6.07, 6.45) is 2.31. The maximum atomic E-state index is 12.3. The monoisotopic (exact) mass is 356 g/mol. The molecule has 138 valence electrons. The van der Waals surface area contributed by atoms with E-state index in [0.717, 1.165) is 0 Å². The van der Waals surface area contributed by atoms with Crippen molar-refractivity contribution in [1.82, 2.24) is 20.6 Å². The lowest BCUT2D eigenvalue weighted by atomic mass is 10.1. The predicted octanol–water partition coefficient (Wildman–Crippen LogP) is -3.80. The largest absolute Gasteiger partial charge is 0.480 e. The zero-order valence-electron chi connectivity index (χ0n) is 13.1. The molecule has 0 spiro atoms. The Hall–Kier alpha value is -2.99. The van der Waals surface area contributed by atoms with Crippen LogP contribution < -0.4 is 22.1 Å². The average Bonchev–Trinajstić information content (AvgIpc) is 3.03. The van der Waals surface area contributed by atoms with E-state index in [1.165, 1.54) is 12.5 Å². The number of H-pyrrole nitrogens is 1. The number of aliphatic hydroxyl groups excluding tert-OH is 1. The Morgan fingerprint density at radius 2 is 1.84 bits per heavy atom. The van der Waals surface area contributed by atoms with Crippen LogP contribution in [0.2, 0.25) is 0 Å². The number of aromatic nitrogens is 2. The summed E-state index contributed by atoms with van der Waals surface area (Å²) in [4.78, 5) is 52.5. The number of aliphatic hydroxyl groups is 1. The maximum Gasteiger partial charge on any atom is 0.328 e. The molecule has 3 amide bonds. The van der Waals surface area contributed by atoms with Crippen molar-refractivity contribution in [1.29, 1.82) is 0 Å². The molecule has 3 unspecified atom stereocenters. The molecule has 1 aromatic rings. The topological polar surface area (TPSA) is 214 Å². The number of aromatic amines is 1. The number of aliphatic carboxylic acids is 1. The zero-order chi connectivity index (χ0) is 19.0. The quantitative estimate of drug-likeness (QED) is 0.220. The molecular weight excluding hydrogens is 336 g/mol. The summed E-state index contributed by atoms with van der Waals surface area (Å²) in [5, 5.41) is 22.3. The Morgan fingerprint density at radius 3 is 2.32 bits per heavy atom. The predicted molar refractivity (Wildman–Crippen MR) is 82.7 cm³/mol. The molecule has 9 N–H and O–H groups in total. The second-order valence-corrected chi connectivity index (χ2v) is 5.20. The first-order valence-electron chi connectivity index (χ1n) is 7.20. The van der Waals surface area contributed by atoms with Crippen LogP contribution in [0.5, 0.6) is 0 Å². The van der Waals surface area contributed by atoms with E-state index in [9.17, 15) is 19.2 Å². The summed E-state index contributed by atoms with van der Waals surface area (Å²) in [5.41, 5.74) is 11.0. The number of nitrogens with two attached hydrogens (primary N) is 2. The van der Waals surface area contributed by atoms with Crippen LogP contribution in [0.4, 0.5) is 0 Å².